The number of thioether (sulfide) groups is 1. The number of ether oxygens (including phenoxy) is 1. The van der Waals surface area contributed by atoms with Gasteiger partial charge in [-0.25, -0.2) is 0 Å². The highest BCUT2D eigenvalue weighted by atomic mass is 32.2. The molecule has 0 radical (unpaired) electrons. The summed E-state index contributed by atoms with van der Waals surface area (Å²) in [4.78, 5) is 12.0. The van der Waals surface area contributed by atoms with Gasteiger partial charge in [-0.05, 0) is 41.6 Å². The molecule has 0 unspecified atom stereocenters. The van der Waals surface area contributed by atoms with Gasteiger partial charge in [-0.1, -0.05) is 11.8 Å². The van der Waals surface area contributed by atoms with E-state index in [1.165, 1.54) is 11.6 Å². The summed E-state index contributed by atoms with van der Waals surface area (Å²) in [5, 5.41) is 20.8. The van der Waals surface area contributed by atoms with Crippen molar-refractivity contribution in [2.45, 2.75) is 12.1 Å². The van der Waals surface area contributed by atoms with Gasteiger partial charge in [-0.2, -0.15) is 9.94 Å². The van der Waals surface area contributed by atoms with Gasteiger partial charge in [-0.15, -0.1) is 5.10 Å². The molecule has 118 valence electrons. The van der Waals surface area contributed by atoms with Gasteiger partial charge in [0.1, 0.15) is 17.4 Å². The molecule has 0 bridgehead atoms. The molecule has 2 N–H and O–H groups in total. The Morgan fingerprint density at radius 1 is 1.43 bits per heavy atom. The minimum absolute atomic E-state index is 0.0218. The van der Waals surface area contributed by atoms with Crippen molar-refractivity contribution in [3.8, 4) is 17.5 Å². The first-order valence-corrected chi connectivity index (χ1v) is 7.50. The van der Waals surface area contributed by atoms with Crippen molar-refractivity contribution in [2.75, 3.05) is 12.9 Å². The highest BCUT2D eigenvalue weighted by Gasteiger charge is 2.15. The van der Waals surface area contributed by atoms with Gasteiger partial charge in [0, 0.05) is 5.70 Å². The summed E-state index contributed by atoms with van der Waals surface area (Å²) < 4.78 is 6.60. The van der Waals surface area contributed by atoms with Gasteiger partial charge in [-0.3, -0.25) is 4.79 Å². The maximum absolute atomic E-state index is 12.0. The molecule has 23 heavy (non-hydrogen) atoms. The van der Waals surface area contributed by atoms with E-state index >= 15 is 0 Å². The number of hydrogen-bond donors (Lipinski definition) is 1. The number of nitrogens with zero attached hydrogens (tertiary/aromatic N) is 5. The van der Waals surface area contributed by atoms with Crippen LogP contribution in [0.2, 0.25) is 0 Å². The first-order chi connectivity index (χ1) is 11.1. The van der Waals surface area contributed by atoms with E-state index < -0.39 is 0 Å². The van der Waals surface area contributed by atoms with Gasteiger partial charge < -0.3 is 10.5 Å². The lowest BCUT2D eigenvalue weighted by Gasteiger charge is -2.05. The zero-order valence-electron chi connectivity index (χ0n) is 12.6. The van der Waals surface area contributed by atoms with Crippen LogP contribution in [-0.2, 0) is 4.79 Å². The number of rotatable bonds is 6. The van der Waals surface area contributed by atoms with Gasteiger partial charge in [0.2, 0.25) is 5.16 Å². The Kier molecular flexibility index (Phi) is 5.32. The Bertz CT molecular complexity index is 771. The molecule has 0 saturated heterocycles. The average Bonchev–Trinajstić information content (AvgIpc) is 3.01. The summed E-state index contributed by atoms with van der Waals surface area (Å²) in [5.74, 6) is 0.378. The Balaban J connectivity index is 2.14. The summed E-state index contributed by atoms with van der Waals surface area (Å²) in [6.45, 7) is 1.52. The number of hydrogen-bond acceptors (Lipinski definition) is 8. The summed E-state index contributed by atoms with van der Waals surface area (Å²) >= 11 is 1.13. The molecule has 8 nitrogen and oxygen atoms in total. The SMILES string of the molecule is COc1ccc(-n2nnnc2SCC(=O)/C(C#N)=C(\C)N)cc1. The molecule has 0 aliphatic rings. The largest absolute Gasteiger partial charge is 0.497 e. The smallest absolute Gasteiger partial charge is 0.214 e. The van der Waals surface area contributed by atoms with E-state index in [2.05, 4.69) is 15.5 Å². The fourth-order valence-electron chi connectivity index (χ4n) is 1.73. The van der Waals surface area contributed by atoms with E-state index in [0.717, 1.165) is 17.4 Å². The maximum atomic E-state index is 12.0. The second-order valence-electron chi connectivity index (χ2n) is 4.45. The van der Waals surface area contributed by atoms with Crippen LogP contribution in [0.5, 0.6) is 5.75 Å². The number of nitrogens with two attached hydrogens (primary N) is 1. The van der Waals surface area contributed by atoms with Crippen LogP contribution in [0.25, 0.3) is 5.69 Å². The Hall–Kier alpha value is -2.86. The third-order valence-electron chi connectivity index (χ3n) is 2.88. The molecule has 1 heterocycles. The van der Waals surface area contributed by atoms with Crippen molar-refractivity contribution in [1.82, 2.24) is 20.2 Å². The van der Waals surface area contributed by atoms with Gasteiger partial charge >= 0.3 is 0 Å². The van der Waals surface area contributed by atoms with E-state index in [9.17, 15) is 4.79 Å². The number of benzene rings is 1. The molecular formula is C14H14N6O2S. The van der Waals surface area contributed by atoms with Crippen molar-refractivity contribution in [3.05, 3.63) is 35.5 Å². The zero-order chi connectivity index (χ0) is 16.8. The molecule has 0 aliphatic heterocycles. The molecule has 0 spiro atoms. The second-order valence-corrected chi connectivity index (χ2v) is 5.40. The molecule has 1 aromatic carbocycles. The first kappa shape index (κ1) is 16.5. The van der Waals surface area contributed by atoms with Crippen LogP contribution in [0.3, 0.4) is 0 Å². The summed E-state index contributed by atoms with van der Waals surface area (Å²) in [7, 11) is 1.58. The molecule has 0 fully saturated rings. The van der Waals surface area contributed by atoms with Crippen LogP contribution < -0.4 is 10.5 Å². The van der Waals surface area contributed by atoms with Crippen molar-refractivity contribution < 1.29 is 9.53 Å². The van der Waals surface area contributed by atoms with Gasteiger partial charge in [0.05, 0.1) is 18.6 Å². The minimum Gasteiger partial charge on any atom is -0.497 e. The number of nitriles is 1. The van der Waals surface area contributed by atoms with E-state index in [4.69, 9.17) is 15.7 Å². The van der Waals surface area contributed by atoms with Gasteiger partial charge in [0.25, 0.3) is 0 Å². The average molecular weight is 330 g/mol. The lowest BCUT2D eigenvalue weighted by atomic mass is 10.2. The minimum atomic E-state index is -0.359. The van der Waals surface area contributed by atoms with Crippen molar-refractivity contribution in [2.24, 2.45) is 5.73 Å². The summed E-state index contributed by atoms with van der Waals surface area (Å²) in [5.41, 5.74) is 6.41. The highest BCUT2D eigenvalue weighted by molar-refractivity contribution is 7.99. The van der Waals surface area contributed by atoms with Crippen LogP contribution >= 0.6 is 11.8 Å². The van der Waals surface area contributed by atoms with Crippen molar-refractivity contribution in [1.29, 1.82) is 5.26 Å². The number of ketones is 1. The predicted molar refractivity (Wildman–Crippen MR) is 83.9 cm³/mol. The normalized spacial score (nSPS) is 11.5. The topological polar surface area (TPSA) is 120 Å². The lowest BCUT2D eigenvalue weighted by Crippen LogP contribution is -2.11. The van der Waals surface area contributed by atoms with E-state index in [1.807, 2.05) is 6.07 Å². The third kappa shape index (κ3) is 3.87. The predicted octanol–water partition coefficient (Wildman–Crippen LogP) is 1.09. The molecule has 1 aromatic heterocycles. The zero-order valence-corrected chi connectivity index (χ0v) is 13.4. The molecule has 2 rings (SSSR count). The fourth-order valence-corrected chi connectivity index (χ4v) is 2.49. The number of carbonyl (C=O) groups is 1. The van der Waals surface area contributed by atoms with Crippen LogP contribution in [0.15, 0.2) is 40.7 Å². The van der Waals surface area contributed by atoms with Crippen LogP contribution in [0.1, 0.15) is 6.92 Å². The highest BCUT2D eigenvalue weighted by Crippen LogP contribution is 2.21. The van der Waals surface area contributed by atoms with Gasteiger partial charge in [0.15, 0.2) is 5.78 Å². The third-order valence-corrected chi connectivity index (χ3v) is 3.79. The number of carbonyl (C=O) groups excluding carboxylic acids is 1. The molecule has 0 saturated carbocycles. The van der Waals surface area contributed by atoms with Crippen LogP contribution in [-0.4, -0.2) is 38.9 Å². The molecule has 2 aromatic rings. The number of allylic oxidation sites excluding steroid dienone is 2. The Labute approximate surface area is 136 Å². The Morgan fingerprint density at radius 2 is 2.13 bits per heavy atom. The second kappa shape index (κ2) is 7.42. The molecule has 0 atom stereocenters. The molecular weight excluding hydrogens is 316 g/mol. The number of methoxy groups -OCH3 is 1. The molecule has 0 aliphatic carbocycles. The quantitative estimate of drug-likeness (QED) is 0.475. The number of Topliss-reactive ketones (excluding diaryl/α,β-unsaturated/α-hetero) is 1. The van der Waals surface area contributed by atoms with Crippen molar-refractivity contribution >= 4 is 17.5 Å². The maximum Gasteiger partial charge on any atom is 0.214 e. The van der Waals surface area contributed by atoms with E-state index in [1.54, 1.807) is 31.4 Å². The number of aromatic nitrogens is 4. The van der Waals surface area contributed by atoms with E-state index in [-0.39, 0.29) is 22.8 Å². The van der Waals surface area contributed by atoms with Crippen LogP contribution in [0, 0.1) is 11.3 Å². The number of tetrazole rings is 1. The van der Waals surface area contributed by atoms with E-state index in [0.29, 0.717) is 10.9 Å². The Morgan fingerprint density at radius 3 is 2.70 bits per heavy atom. The molecule has 0 amide bonds. The standard InChI is InChI=1S/C14H14N6O2S/c1-9(16)12(7-15)13(21)8-23-14-17-18-19-20(14)10-3-5-11(22-2)6-4-10/h3-6H,8,16H2,1-2H3/b12-9+. The lowest BCUT2D eigenvalue weighted by molar-refractivity contribution is -0.112. The summed E-state index contributed by atoms with van der Waals surface area (Å²) in [6, 6.07) is 8.97. The summed E-state index contributed by atoms with van der Waals surface area (Å²) in [6.07, 6.45) is 0. The fraction of sp³-hybridized carbons (Fsp3) is 0.214. The molecule has 9 heteroatoms. The first-order valence-electron chi connectivity index (χ1n) is 6.52. The van der Waals surface area contributed by atoms with Crippen molar-refractivity contribution in [3.63, 3.8) is 0 Å². The van der Waals surface area contributed by atoms with Crippen LogP contribution in [0.4, 0.5) is 0 Å². The monoisotopic (exact) mass is 330 g/mol.